The summed E-state index contributed by atoms with van der Waals surface area (Å²) in [6, 6.07) is 0.513. The van der Waals surface area contributed by atoms with Gasteiger partial charge in [0, 0.05) is 32.3 Å². The molecule has 0 aromatic rings. The Morgan fingerprint density at radius 2 is 1.95 bits per heavy atom. The third-order valence-corrected chi connectivity index (χ3v) is 3.05. The smallest absolute Gasteiger partial charge is 0.191 e. The van der Waals surface area contributed by atoms with E-state index in [1.807, 2.05) is 0 Å². The van der Waals surface area contributed by atoms with Crippen LogP contribution >= 0.6 is 0 Å². The number of ether oxygens (including phenoxy) is 1. The van der Waals surface area contributed by atoms with E-state index in [4.69, 9.17) is 4.74 Å². The van der Waals surface area contributed by atoms with Crippen LogP contribution in [0.15, 0.2) is 17.1 Å². The molecule has 0 aromatic heterocycles. The number of guanidine groups is 1. The molecule has 0 unspecified atom stereocenters. The topological polar surface area (TPSA) is 45.6 Å². The molecule has 1 aliphatic rings. The van der Waals surface area contributed by atoms with Gasteiger partial charge in [-0.3, -0.25) is 4.99 Å². The third-order valence-electron chi connectivity index (χ3n) is 3.05. The predicted octanol–water partition coefficient (Wildman–Crippen LogP) is 2.47. The highest BCUT2D eigenvalue weighted by Crippen LogP contribution is 2.08. The molecular formula is C15H29N3O. The average Bonchev–Trinajstić information content (AvgIpc) is 2.91. The van der Waals surface area contributed by atoms with Gasteiger partial charge in [-0.1, -0.05) is 25.5 Å². The monoisotopic (exact) mass is 267 g/mol. The molecule has 110 valence electrons. The molecule has 0 aromatic carbocycles. The van der Waals surface area contributed by atoms with Gasteiger partial charge in [-0.25, -0.2) is 0 Å². The van der Waals surface area contributed by atoms with Crippen LogP contribution in [0.5, 0.6) is 0 Å². The first-order chi connectivity index (χ1) is 9.36. The van der Waals surface area contributed by atoms with Crippen molar-refractivity contribution >= 4 is 5.96 Å². The molecule has 4 heteroatoms. The first kappa shape index (κ1) is 16.0. The molecule has 0 atom stereocenters. The van der Waals surface area contributed by atoms with Gasteiger partial charge < -0.3 is 15.4 Å². The highest BCUT2D eigenvalue weighted by Gasteiger charge is 2.10. The molecule has 1 aliphatic carbocycles. The molecule has 0 amide bonds. The van der Waals surface area contributed by atoms with E-state index in [1.165, 1.54) is 6.42 Å². The van der Waals surface area contributed by atoms with Crippen molar-refractivity contribution in [3.63, 3.8) is 0 Å². The molecule has 1 rings (SSSR count). The molecule has 0 radical (unpaired) electrons. The number of hydrogen-bond acceptors (Lipinski definition) is 2. The Morgan fingerprint density at radius 1 is 1.21 bits per heavy atom. The zero-order valence-electron chi connectivity index (χ0n) is 12.5. The van der Waals surface area contributed by atoms with E-state index in [9.17, 15) is 0 Å². The normalized spacial score (nSPS) is 16.0. The van der Waals surface area contributed by atoms with Crippen molar-refractivity contribution in [2.24, 2.45) is 4.99 Å². The Morgan fingerprint density at radius 3 is 2.63 bits per heavy atom. The van der Waals surface area contributed by atoms with E-state index in [0.29, 0.717) is 6.04 Å². The van der Waals surface area contributed by atoms with Gasteiger partial charge in [-0.2, -0.15) is 0 Å². The lowest BCUT2D eigenvalue weighted by atomic mass is 10.2. The quantitative estimate of drug-likeness (QED) is 0.292. The van der Waals surface area contributed by atoms with Gasteiger partial charge in [0.05, 0.1) is 0 Å². The summed E-state index contributed by atoms with van der Waals surface area (Å²) < 4.78 is 5.53. The number of unbranched alkanes of at least 4 members (excludes halogenated alkanes) is 1. The fourth-order valence-corrected chi connectivity index (χ4v) is 1.95. The summed E-state index contributed by atoms with van der Waals surface area (Å²) in [6.45, 7) is 7.69. The second kappa shape index (κ2) is 10.9. The van der Waals surface area contributed by atoms with Crippen LogP contribution in [0.1, 0.15) is 46.0 Å². The number of nitrogens with zero attached hydrogens (tertiary/aromatic N) is 1. The zero-order chi connectivity index (χ0) is 13.8. The minimum absolute atomic E-state index is 0.513. The highest BCUT2D eigenvalue weighted by molar-refractivity contribution is 5.80. The maximum Gasteiger partial charge on any atom is 0.191 e. The van der Waals surface area contributed by atoms with Crippen LogP contribution < -0.4 is 10.6 Å². The van der Waals surface area contributed by atoms with Crippen LogP contribution in [0.3, 0.4) is 0 Å². The van der Waals surface area contributed by atoms with Gasteiger partial charge in [0.25, 0.3) is 0 Å². The van der Waals surface area contributed by atoms with Crippen molar-refractivity contribution in [3.05, 3.63) is 12.2 Å². The Labute approximate surface area is 117 Å². The van der Waals surface area contributed by atoms with Gasteiger partial charge in [-0.05, 0) is 32.6 Å². The number of nitrogens with one attached hydrogen (secondary N) is 2. The largest absolute Gasteiger partial charge is 0.381 e. The van der Waals surface area contributed by atoms with Crippen molar-refractivity contribution in [2.75, 3.05) is 26.3 Å². The van der Waals surface area contributed by atoms with Crippen molar-refractivity contribution in [1.29, 1.82) is 0 Å². The molecule has 0 fully saturated rings. The average molecular weight is 267 g/mol. The summed E-state index contributed by atoms with van der Waals surface area (Å²) in [6.07, 6.45) is 9.99. The van der Waals surface area contributed by atoms with Crippen LogP contribution in [0.4, 0.5) is 0 Å². The Hall–Kier alpha value is -1.03. The summed E-state index contributed by atoms with van der Waals surface area (Å²) in [7, 11) is 0. The standard InChI is InChI=1S/C15H29N3O/c1-3-5-12-19-13-8-11-17-15(16-4-2)18-14-9-6-7-10-14/h6-7,14H,3-5,8-13H2,1-2H3,(H2,16,17,18). The molecule has 0 saturated carbocycles. The second-order valence-corrected chi connectivity index (χ2v) is 4.86. The van der Waals surface area contributed by atoms with Crippen LogP contribution in [0, 0.1) is 0 Å². The Kier molecular flexibility index (Phi) is 9.15. The van der Waals surface area contributed by atoms with Gasteiger partial charge >= 0.3 is 0 Å². The lowest BCUT2D eigenvalue weighted by Crippen LogP contribution is -2.42. The van der Waals surface area contributed by atoms with E-state index in [0.717, 1.165) is 57.9 Å². The predicted molar refractivity (Wildman–Crippen MR) is 81.6 cm³/mol. The molecule has 0 heterocycles. The number of rotatable bonds is 9. The summed E-state index contributed by atoms with van der Waals surface area (Å²) in [5.41, 5.74) is 0. The molecule has 19 heavy (non-hydrogen) atoms. The van der Waals surface area contributed by atoms with E-state index in [-0.39, 0.29) is 0 Å². The van der Waals surface area contributed by atoms with Crippen LogP contribution in [-0.4, -0.2) is 38.3 Å². The van der Waals surface area contributed by atoms with Crippen molar-refractivity contribution in [2.45, 2.75) is 52.0 Å². The van der Waals surface area contributed by atoms with Crippen LogP contribution in [-0.2, 0) is 4.74 Å². The van der Waals surface area contributed by atoms with Crippen molar-refractivity contribution < 1.29 is 4.74 Å². The van der Waals surface area contributed by atoms with E-state index >= 15 is 0 Å². The molecule has 0 saturated heterocycles. The Bertz CT molecular complexity index is 269. The Balaban J connectivity index is 2.13. The lowest BCUT2D eigenvalue weighted by molar-refractivity contribution is 0.130. The lowest BCUT2D eigenvalue weighted by Gasteiger charge is -2.16. The van der Waals surface area contributed by atoms with Crippen molar-refractivity contribution in [1.82, 2.24) is 10.6 Å². The SMILES string of the molecule is CCCCOCCCN=C(NCC)NC1CC=CC1. The molecule has 2 N–H and O–H groups in total. The maximum absolute atomic E-state index is 5.53. The van der Waals surface area contributed by atoms with Gasteiger partial charge in [0.1, 0.15) is 0 Å². The summed E-state index contributed by atoms with van der Waals surface area (Å²) in [4.78, 5) is 4.58. The maximum atomic E-state index is 5.53. The van der Waals surface area contributed by atoms with Crippen LogP contribution in [0.2, 0.25) is 0 Å². The van der Waals surface area contributed by atoms with E-state index in [1.54, 1.807) is 0 Å². The van der Waals surface area contributed by atoms with E-state index < -0.39 is 0 Å². The summed E-state index contributed by atoms with van der Waals surface area (Å²) in [5.74, 6) is 0.935. The zero-order valence-corrected chi connectivity index (χ0v) is 12.5. The molecule has 0 aliphatic heterocycles. The minimum atomic E-state index is 0.513. The molecule has 0 spiro atoms. The fraction of sp³-hybridized carbons (Fsp3) is 0.800. The van der Waals surface area contributed by atoms with Gasteiger partial charge in [0.15, 0.2) is 5.96 Å². The first-order valence-corrected chi connectivity index (χ1v) is 7.64. The van der Waals surface area contributed by atoms with Crippen LogP contribution in [0.25, 0.3) is 0 Å². The second-order valence-electron chi connectivity index (χ2n) is 4.86. The summed E-state index contributed by atoms with van der Waals surface area (Å²) >= 11 is 0. The fourth-order valence-electron chi connectivity index (χ4n) is 1.95. The highest BCUT2D eigenvalue weighted by atomic mass is 16.5. The molecule has 0 bridgehead atoms. The first-order valence-electron chi connectivity index (χ1n) is 7.64. The molecule has 4 nitrogen and oxygen atoms in total. The van der Waals surface area contributed by atoms with Crippen molar-refractivity contribution in [3.8, 4) is 0 Å². The van der Waals surface area contributed by atoms with E-state index in [2.05, 4.69) is 41.6 Å². The molecular weight excluding hydrogens is 238 g/mol. The number of hydrogen-bond donors (Lipinski definition) is 2. The minimum Gasteiger partial charge on any atom is -0.381 e. The van der Waals surface area contributed by atoms with Gasteiger partial charge in [-0.15, -0.1) is 0 Å². The number of aliphatic imine (C=N–C) groups is 1. The van der Waals surface area contributed by atoms with Gasteiger partial charge in [0.2, 0.25) is 0 Å². The third kappa shape index (κ3) is 7.88. The summed E-state index contributed by atoms with van der Waals surface area (Å²) in [5, 5.41) is 6.75.